The van der Waals surface area contributed by atoms with Crippen LogP contribution < -0.4 is 0 Å². The van der Waals surface area contributed by atoms with Gasteiger partial charge in [-0.05, 0) is 12.1 Å². The third kappa shape index (κ3) is 2.87. The average Bonchev–Trinajstić information content (AvgIpc) is 2.17. The molecule has 0 radical (unpaired) electrons. The van der Waals surface area contributed by atoms with Crippen LogP contribution in [0.4, 0.5) is 0 Å². The number of carbonyl (C=O) groups excluding carboxylic acids is 1. The van der Waals surface area contributed by atoms with Gasteiger partial charge in [-0.15, -0.1) is 0 Å². The molecule has 2 N–H and O–H groups in total. The summed E-state index contributed by atoms with van der Waals surface area (Å²) in [4.78, 5) is 12.8. The van der Waals surface area contributed by atoms with Crippen LogP contribution in [-0.4, -0.2) is 41.5 Å². The molecule has 0 aliphatic rings. The number of hydrogen-bond donors (Lipinski definition) is 2. The number of benzene rings is 1. The molecule has 4 nitrogen and oxygen atoms in total. The van der Waals surface area contributed by atoms with Crippen molar-refractivity contribution >= 4 is 13.0 Å². The van der Waals surface area contributed by atoms with Crippen LogP contribution in [0.3, 0.4) is 0 Å². The minimum absolute atomic E-state index is 0.0896. The van der Waals surface area contributed by atoms with E-state index >= 15 is 0 Å². The highest BCUT2D eigenvalue weighted by atomic mass is 16.4. The van der Waals surface area contributed by atoms with Gasteiger partial charge in [-0.25, -0.2) is 0 Å². The highest BCUT2D eigenvalue weighted by Crippen LogP contribution is 2.02. The highest BCUT2D eigenvalue weighted by Gasteiger charge is 2.16. The van der Waals surface area contributed by atoms with E-state index in [1.54, 1.807) is 24.3 Å². The number of hydrogen-bond acceptors (Lipinski definition) is 3. The van der Waals surface area contributed by atoms with Crippen LogP contribution in [0.5, 0.6) is 0 Å². The number of carbonyl (C=O) groups is 1. The van der Waals surface area contributed by atoms with Gasteiger partial charge in [0.2, 0.25) is 0 Å². The van der Waals surface area contributed by atoms with Crippen molar-refractivity contribution < 1.29 is 14.8 Å². The van der Waals surface area contributed by atoms with E-state index in [2.05, 4.69) is 0 Å². The van der Waals surface area contributed by atoms with Gasteiger partial charge in [-0.2, -0.15) is 0 Å². The molecule has 1 aromatic rings. The standard InChI is InChI=1S/C9H12BNO3/c1-11(7-10(13)14)9(12)8-5-3-2-4-6-8/h2-6,13-14H,7H2,1H3. The van der Waals surface area contributed by atoms with Crippen LogP contribution in [0.2, 0.25) is 0 Å². The summed E-state index contributed by atoms with van der Waals surface area (Å²) in [6, 6.07) is 8.70. The lowest BCUT2D eigenvalue weighted by atomic mass is 9.91. The van der Waals surface area contributed by atoms with Gasteiger partial charge in [0.05, 0.1) is 6.44 Å². The van der Waals surface area contributed by atoms with Crippen LogP contribution in [0.15, 0.2) is 30.3 Å². The first-order valence-electron chi connectivity index (χ1n) is 4.28. The molecular weight excluding hydrogens is 181 g/mol. The molecule has 0 aliphatic carbocycles. The van der Waals surface area contributed by atoms with Gasteiger partial charge < -0.3 is 14.9 Å². The summed E-state index contributed by atoms with van der Waals surface area (Å²) in [5.41, 5.74) is 0.538. The van der Waals surface area contributed by atoms with E-state index in [0.29, 0.717) is 5.56 Å². The van der Waals surface area contributed by atoms with E-state index in [1.165, 1.54) is 11.9 Å². The third-order valence-corrected chi connectivity index (χ3v) is 1.80. The first kappa shape index (κ1) is 10.8. The summed E-state index contributed by atoms with van der Waals surface area (Å²) < 4.78 is 0. The van der Waals surface area contributed by atoms with Crippen molar-refractivity contribution in [2.75, 3.05) is 13.5 Å². The Bertz CT molecular complexity index is 302. The first-order chi connectivity index (χ1) is 6.61. The van der Waals surface area contributed by atoms with Crippen LogP contribution in [0.25, 0.3) is 0 Å². The molecule has 0 fully saturated rings. The SMILES string of the molecule is CN(CB(O)O)C(=O)c1ccccc1. The molecule has 0 atom stereocenters. The summed E-state index contributed by atoms with van der Waals surface area (Å²) >= 11 is 0. The second-order valence-electron chi connectivity index (χ2n) is 3.03. The van der Waals surface area contributed by atoms with E-state index < -0.39 is 7.12 Å². The lowest BCUT2D eigenvalue weighted by Crippen LogP contribution is -2.36. The molecule has 0 aromatic heterocycles. The molecule has 14 heavy (non-hydrogen) atoms. The summed E-state index contributed by atoms with van der Waals surface area (Å²) in [7, 11) is 0.0297. The Morgan fingerprint density at radius 2 is 1.93 bits per heavy atom. The second-order valence-corrected chi connectivity index (χ2v) is 3.03. The number of nitrogens with zero attached hydrogens (tertiary/aromatic N) is 1. The van der Waals surface area contributed by atoms with Crippen molar-refractivity contribution in [2.45, 2.75) is 0 Å². The lowest BCUT2D eigenvalue weighted by Gasteiger charge is -2.16. The van der Waals surface area contributed by atoms with Crippen molar-refractivity contribution in [3.8, 4) is 0 Å². The maximum absolute atomic E-state index is 11.6. The van der Waals surface area contributed by atoms with Gasteiger partial charge >= 0.3 is 7.12 Å². The maximum atomic E-state index is 11.6. The maximum Gasteiger partial charge on any atom is 0.472 e. The third-order valence-electron chi connectivity index (χ3n) is 1.80. The molecule has 74 valence electrons. The van der Waals surface area contributed by atoms with E-state index in [4.69, 9.17) is 10.0 Å². The van der Waals surface area contributed by atoms with E-state index in [9.17, 15) is 4.79 Å². The molecule has 0 saturated heterocycles. The van der Waals surface area contributed by atoms with E-state index in [1.807, 2.05) is 6.07 Å². The normalized spacial score (nSPS) is 9.64. The molecule has 0 spiro atoms. The Labute approximate surface area is 82.9 Å². The Hall–Kier alpha value is -1.33. The summed E-state index contributed by atoms with van der Waals surface area (Å²) in [5, 5.41) is 17.4. The average molecular weight is 193 g/mol. The molecule has 0 heterocycles. The van der Waals surface area contributed by atoms with Crippen LogP contribution in [0, 0.1) is 0 Å². The minimum atomic E-state index is -1.49. The zero-order chi connectivity index (χ0) is 10.6. The van der Waals surface area contributed by atoms with Crippen molar-refractivity contribution in [2.24, 2.45) is 0 Å². The van der Waals surface area contributed by atoms with E-state index in [-0.39, 0.29) is 12.4 Å². The van der Waals surface area contributed by atoms with Crippen molar-refractivity contribution in [1.82, 2.24) is 4.90 Å². The second kappa shape index (κ2) is 4.78. The predicted molar refractivity (Wildman–Crippen MR) is 53.6 cm³/mol. The van der Waals surface area contributed by atoms with Crippen LogP contribution in [0.1, 0.15) is 10.4 Å². The molecular formula is C9H12BNO3. The number of rotatable bonds is 3. The Balaban J connectivity index is 2.66. The zero-order valence-electron chi connectivity index (χ0n) is 7.92. The first-order valence-corrected chi connectivity index (χ1v) is 4.28. The van der Waals surface area contributed by atoms with Gasteiger partial charge in [0, 0.05) is 12.6 Å². The molecule has 0 unspecified atom stereocenters. The van der Waals surface area contributed by atoms with Gasteiger partial charge in [0.15, 0.2) is 0 Å². The van der Waals surface area contributed by atoms with Crippen LogP contribution >= 0.6 is 0 Å². The Morgan fingerprint density at radius 3 is 2.43 bits per heavy atom. The summed E-state index contributed by atoms with van der Waals surface area (Å²) in [6.07, 6.45) is -0.0896. The molecule has 5 heteroatoms. The van der Waals surface area contributed by atoms with Crippen molar-refractivity contribution in [3.63, 3.8) is 0 Å². The van der Waals surface area contributed by atoms with Crippen LogP contribution in [-0.2, 0) is 0 Å². The largest absolute Gasteiger partial charge is 0.472 e. The van der Waals surface area contributed by atoms with Gasteiger partial charge in [-0.1, -0.05) is 18.2 Å². The molecule has 0 aliphatic heterocycles. The minimum Gasteiger partial charge on any atom is -0.426 e. The Morgan fingerprint density at radius 1 is 1.36 bits per heavy atom. The summed E-state index contributed by atoms with van der Waals surface area (Å²) in [5.74, 6) is -0.223. The topological polar surface area (TPSA) is 60.8 Å². The fourth-order valence-corrected chi connectivity index (χ4v) is 1.13. The lowest BCUT2D eigenvalue weighted by molar-refractivity contribution is 0.0807. The fraction of sp³-hybridized carbons (Fsp3) is 0.222. The Kier molecular flexibility index (Phi) is 3.68. The quantitative estimate of drug-likeness (QED) is 0.651. The van der Waals surface area contributed by atoms with Gasteiger partial charge in [0.25, 0.3) is 5.91 Å². The predicted octanol–water partition coefficient (Wildman–Crippen LogP) is -0.229. The van der Waals surface area contributed by atoms with Crippen molar-refractivity contribution in [3.05, 3.63) is 35.9 Å². The molecule has 0 bridgehead atoms. The fourth-order valence-electron chi connectivity index (χ4n) is 1.13. The van der Waals surface area contributed by atoms with Gasteiger partial charge in [-0.3, -0.25) is 4.79 Å². The van der Waals surface area contributed by atoms with E-state index in [0.717, 1.165) is 0 Å². The van der Waals surface area contributed by atoms with Crippen molar-refractivity contribution in [1.29, 1.82) is 0 Å². The number of amides is 1. The molecule has 0 saturated carbocycles. The molecule has 1 rings (SSSR count). The van der Waals surface area contributed by atoms with Gasteiger partial charge in [0.1, 0.15) is 0 Å². The summed E-state index contributed by atoms with van der Waals surface area (Å²) in [6.45, 7) is 0. The molecule has 1 amide bonds. The zero-order valence-corrected chi connectivity index (χ0v) is 7.92. The smallest absolute Gasteiger partial charge is 0.426 e. The molecule has 1 aromatic carbocycles. The monoisotopic (exact) mass is 193 g/mol. The highest BCUT2D eigenvalue weighted by molar-refractivity contribution is 6.41.